The highest BCUT2D eigenvalue weighted by atomic mass is 16.3. The Balaban J connectivity index is 2.36. The molecule has 0 aliphatic heterocycles. The quantitative estimate of drug-likeness (QED) is 0.672. The molecule has 0 heterocycles. The van der Waals surface area contributed by atoms with Crippen LogP contribution in [0.3, 0.4) is 0 Å². The molecule has 0 aromatic heterocycles. The van der Waals surface area contributed by atoms with Crippen molar-refractivity contribution in [2.24, 2.45) is 0 Å². The van der Waals surface area contributed by atoms with Gasteiger partial charge >= 0.3 is 0 Å². The van der Waals surface area contributed by atoms with Crippen molar-refractivity contribution in [1.29, 1.82) is 0 Å². The van der Waals surface area contributed by atoms with Gasteiger partial charge in [-0.05, 0) is 30.9 Å². The van der Waals surface area contributed by atoms with Crippen molar-refractivity contribution in [2.75, 3.05) is 0 Å². The Kier molecular flexibility index (Phi) is 3.06. The number of fused-ring (bicyclic) bond motifs is 1. The SMILES string of the molecule is CC(C)NC1CCCc2c1ccc(O)c2O. The van der Waals surface area contributed by atoms with Crippen LogP contribution in [-0.2, 0) is 6.42 Å². The van der Waals surface area contributed by atoms with Crippen molar-refractivity contribution in [3.63, 3.8) is 0 Å². The van der Waals surface area contributed by atoms with E-state index in [1.165, 1.54) is 0 Å². The Bertz CT molecular complexity index is 388. The molecule has 0 saturated carbocycles. The largest absolute Gasteiger partial charge is 0.504 e. The van der Waals surface area contributed by atoms with Gasteiger partial charge in [0.1, 0.15) is 0 Å². The number of benzene rings is 1. The molecule has 1 atom stereocenters. The molecule has 0 bridgehead atoms. The normalized spacial score (nSPS) is 19.8. The second-order valence-corrected chi connectivity index (χ2v) is 4.77. The fourth-order valence-electron chi connectivity index (χ4n) is 2.44. The van der Waals surface area contributed by atoms with E-state index in [2.05, 4.69) is 19.2 Å². The van der Waals surface area contributed by atoms with Gasteiger partial charge in [0.05, 0.1) is 0 Å². The number of hydrogen-bond donors (Lipinski definition) is 3. The zero-order valence-electron chi connectivity index (χ0n) is 9.83. The molecule has 88 valence electrons. The Hall–Kier alpha value is -1.22. The summed E-state index contributed by atoms with van der Waals surface area (Å²) >= 11 is 0. The monoisotopic (exact) mass is 221 g/mol. The molecule has 1 aromatic rings. The second-order valence-electron chi connectivity index (χ2n) is 4.77. The maximum absolute atomic E-state index is 9.82. The van der Waals surface area contributed by atoms with Gasteiger partial charge < -0.3 is 15.5 Å². The summed E-state index contributed by atoms with van der Waals surface area (Å²) in [6, 6.07) is 4.22. The Morgan fingerprint density at radius 1 is 1.31 bits per heavy atom. The summed E-state index contributed by atoms with van der Waals surface area (Å²) in [6.45, 7) is 4.24. The van der Waals surface area contributed by atoms with Gasteiger partial charge in [-0.1, -0.05) is 19.9 Å². The maximum atomic E-state index is 9.82. The molecule has 1 unspecified atom stereocenters. The third-order valence-corrected chi connectivity index (χ3v) is 3.13. The molecular weight excluding hydrogens is 202 g/mol. The number of phenolic OH excluding ortho intramolecular Hbond substituents is 2. The number of rotatable bonds is 2. The molecule has 2 rings (SSSR count). The Labute approximate surface area is 96.1 Å². The zero-order chi connectivity index (χ0) is 11.7. The molecule has 3 nitrogen and oxygen atoms in total. The zero-order valence-corrected chi connectivity index (χ0v) is 9.83. The fraction of sp³-hybridized carbons (Fsp3) is 0.538. The summed E-state index contributed by atoms with van der Waals surface area (Å²) in [5, 5.41) is 22.8. The molecule has 1 aliphatic carbocycles. The van der Waals surface area contributed by atoms with E-state index in [9.17, 15) is 10.2 Å². The number of aromatic hydroxyl groups is 2. The summed E-state index contributed by atoms with van der Waals surface area (Å²) < 4.78 is 0. The van der Waals surface area contributed by atoms with E-state index in [1.807, 2.05) is 6.07 Å². The van der Waals surface area contributed by atoms with Crippen LogP contribution in [0.2, 0.25) is 0 Å². The standard InChI is InChI=1S/C13H19NO2/c1-8(2)14-11-5-3-4-10-9(11)6-7-12(15)13(10)16/h6-8,11,14-16H,3-5H2,1-2H3. The van der Waals surface area contributed by atoms with Crippen LogP contribution in [0.25, 0.3) is 0 Å². The average Bonchev–Trinajstić information content (AvgIpc) is 2.23. The van der Waals surface area contributed by atoms with Gasteiger partial charge in [-0.2, -0.15) is 0 Å². The smallest absolute Gasteiger partial charge is 0.161 e. The van der Waals surface area contributed by atoms with Gasteiger partial charge in [-0.3, -0.25) is 0 Å². The minimum Gasteiger partial charge on any atom is -0.504 e. The first-order chi connectivity index (χ1) is 7.59. The van der Waals surface area contributed by atoms with E-state index < -0.39 is 0 Å². The van der Waals surface area contributed by atoms with Crippen molar-refractivity contribution in [1.82, 2.24) is 5.32 Å². The van der Waals surface area contributed by atoms with E-state index in [4.69, 9.17) is 0 Å². The first-order valence-corrected chi connectivity index (χ1v) is 5.89. The highest BCUT2D eigenvalue weighted by molar-refractivity contribution is 5.50. The van der Waals surface area contributed by atoms with Gasteiger partial charge in [0.2, 0.25) is 0 Å². The lowest BCUT2D eigenvalue weighted by molar-refractivity contribution is 0.381. The molecule has 1 aromatic carbocycles. The summed E-state index contributed by atoms with van der Waals surface area (Å²) in [4.78, 5) is 0. The highest BCUT2D eigenvalue weighted by Gasteiger charge is 2.23. The maximum Gasteiger partial charge on any atom is 0.161 e. The van der Waals surface area contributed by atoms with Crippen molar-refractivity contribution in [2.45, 2.75) is 45.2 Å². The van der Waals surface area contributed by atoms with Crippen molar-refractivity contribution in [3.8, 4) is 11.5 Å². The van der Waals surface area contributed by atoms with Crippen LogP contribution in [0.5, 0.6) is 11.5 Å². The van der Waals surface area contributed by atoms with Gasteiger partial charge in [0, 0.05) is 17.6 Å². The predicted molar refractivity (Wildman–Crippen MR) is 63.7 cm³/mol. The van der Waals surface area contributed by atoms with Crippen molar-refractivity contribution < 1.29 is 10.2 Å². The van der Waals surface area contributed by atoms with Crippen LogP contribution in [0, 0.1) is 0 Å². The van der Waals surface area contributed by atoms with Gasteiger partial charge in [-0.15, -0.1) is 0 Å². The summed E-state index contributed by atoms with van der Waals surface area (Å²) in [5.74, 6) is 0.0525. The Morgan fingerprint density at radius 3 is 2.75 bits per heavy atom. The molecule has 0 spiro atoms. The molecule has 0 saturated heterocycles. The van der Waals surface area contributed by atoms with Crippen LogP contribution in [0.4, 0.5) is 0 Å². The van der Waals surface area contributed by atoms with E-state index in [-0.39, 0.29) is 11.5 Å². The van der Waals surface area contributed by atoms with Crippen molar-refractivity contribution in [3.05, 3.63) is 23.3 Å². The van der Waals surface area contributed by atoms with Crippen LogP contribution in [0.1, 0.15) is 43.9 Å². The summed E-state index contributed by atoms with van der Waals surface area (Å²) in [6.07, 6.45) is 3.00. The average molecular weight is 221 g/mol. The predicted octanol–water partition coefficient (Wildman–Crippen LogP) is 2.47. The number of nitrogens with one attached hydrogen (secondary N) is 1. The molecule has 1 aliphatic rings. The molecule has 0 radical (unpaired) electrons. The minimum atomic E-state index is -0.0102. The number of hydrogen-bond acceptors (Lipinski definition) is 3. The van der Waals surface area contributed by atoms with E-state index in [1.54, 1.807) is 6.07 Å². The van der Waals surface area contributed by atoms with Gasteiger partial charge in [0.25, 0.3) is 0 Å². The molecule has 0 amide bonds. The van der Waals surface area contributed by atoms with E-state index >= 15 is 0 Å². The van der Waals surface area contributed by atoms with E-state index in [0.717, 1.165) is 30.4 Å². The second kappa shape index (κ2) is 4.34. The van der Waals surface area contributed by atoms with Crippen molar-refractivity contribution >= 4 is 0 Å². The first-order valence-electron chi connectivity index (χ1n) is 5.89. The first kappa shape index (κ1) is 11.3. The fourth-order valence-corrected chi connectivity index (χ4v) is 2.44. The minimum absolute atomic E-state index is 0.0102. The third kappa shape index (κ3) is 2.00. The van der Waals surface area contributed by atoms with Crippen LogP contribution >= 0.6 is 0 Å². The molecule has 3 heteroatoms. The highest BCUT2D eigenvalue weighted by Crippen LogP contribution is 2.39. The molecular formula is C13H19NO2. The van der Waals surface area contributed by atoms with Gasteiger partial charge in [-0.25, -0.2) is 0 Å². The molecule has 3 N–H and O–H groups in total. The lowest BCUT2D eigenvalue weighted by Crippen LogP contribution is -2.30. The van der Waals surface area contributed by atoms with Crippen LogP contribution in [0.15, 0.2) is 12.1 Å². The Morgan fingerprint density at radius 2 is 2.06 bits per heavy atom. The summed E-state index contributed by atoms with van der Waals surface area (Å²) in [5.41, 5.74) is 2.04. The number of phenols is 2. The van der Waals surface area contributed by atoms with Crippen LogP contribution in [-0.4, -0.2) is 16.3 Å². The summed E-state index contributed by atoms with van der Waals surface area (Å²) in [7, 11) is 0. The lowest BCUT2D eigenvalue weighted by Gasteiger charge is -2.28. The lowest BCUT2D eigenvalue weighted by atomic mass is 9.86. The van der Waals surface area contributed by atoms with E-state index in [0.29, 0.717) is 12.1 Å². The topological polar surface area (TPSA) is 52.5 Å². The molecule has 0 fully saturated rings. The molecule has 16 heavy (non-hydrogen) atoms. The van der Waals surface area contributed by atoms with Gasteiger partial charge in [0.15, 0.2) is 11.5 Å². The van der Waals surface area contributed by atoms with Crippen LogP contribution < -0.4 is 5.32 Å². The third-order valence-electron chi connectivity index (χ3n) is 3.13.